The Labute approximate surface area is 163 Å². The van der Waals surface area contributed by atoms with Crippen molar-refractivity contribution in [2.24, 2.45) is 5.92 Å². The summed E-state index contributed by atoms with van der Waals surface area (Å²) in [4.78, 5) is 17.2. The number of rotatable bonds is 5. The van der Waals surface area contributed by atoms with Crippen molar-refractivity contribution >= 4 is 11.6 Å². The van der Waals surface area contributed by atoms with E-state index in [2.05, 4.69) is 15.5 Å². The first kappa shape index (κ1) is 18.2. The van der Waals surface area contributed by atoms with Gasteiger partial charge in [-0.15, -0.1) is 0 Å². The number of benzene rings is 2. The van der Waals surface area contributed by atoms with E-state index < -0.39 is 0 Å². The number of anilines is 1. The van der Waals surface area contributed by atoms with Gasteiger partial charge in [0.05, 0.1) is 23.9 Å². The van der Waals surface area contributed by atoms with E-state index in [0.717, 1.165) is 31.2 Å². The fourth-order valence-electron chi connectivity index (χ4n) is 3.65. The molecule has 0 radical (unpaired) electrons. The lowest BCUT2D eigenvalue weighted by Crippen LogP contribution is -2.24. The lowest BCUT2D eigenvalue weighted by molar-refractivity contribution is -0.120. The molecule has 1 aliphatic carbocycles. The van der Waals surface area contributed by atoms with E-state index in [-0.39, 0.29) is 11.8 Å². The van der Waals surface area contributed by atoms with Crippen LogP contribution in [0, 0.1) is 5.92 Å². The summed E-state index contributed by atoms with van der Waals surface area (Å²) in [6.07, 6.45) is 5.35. The van der Waals surface area contributed by atoms with Gasteiger partial charge in [-0.2, -0.15) is 4.98 Å². The molecule has 1 amide bonds. The van der Waals surface area contributed by atoms with E-state index in [9.17, 15) is 4.79 Å². The number of para-hydroxylation sites is 2. The van der Waals surface area contributed by atoms with E-state index in [1.807, 2.05) is 48.5 Å². The molecule has 6 nitrogen and oxygen atoms in total. The highest BCUT2D eigenvalue weighted by Gasteiger charge is 2.23. The maximum atomic E-state index is 12.7. The summed E-state index contributed by atoms with van der Waals surface area (Å²) in [7, 11) is 1.61. The van der Waals surface area contributed by atoms with Crippen LogP contribution in [-0.2, 0) is 4.79 Å². The van der Waals surface area contributed by atoms with Crippen molar-refractivity contribution < 1.29 is 14.1 Å². The van der Waals surface area contributed by atoms with Gasteiger partial charge in [-0.05, 0) is 37.1 Å². The van der Waals surface area contributed by atoms with E-state index in [1.165, 1.54) is 6.42 Å². The molecule has 2 aromatic carbocycles. The average Bonchev–Trinajstić information content (AvgIpc) is 3.24. The molecule has 1 heterocycles. The lowest BCUT2D eigenvalue weighted by atomic mass is 9.88. The number of amides is 1. The molecule has 3 aromatic rings. The first-order chi connectivity index (χ1) is 13.8. The number of hydrogen-bond donors (Lipinski definition) is 1. The molecule has 28 heavy (non-hydrogen) atoms. The number of nitrogens with zero attached hydrogens (tertiary/aromatic N) is 2. The molecule has 1 aromatic heterocycles. The molecule has 6 heteroatoms. The minimum Gasteiger partial charge on any atom is -0.496 e. The van der Waals surface area contributed by atoms with E-state index in [4.69, 9.17) is 9.26 Å². The van der Waals surface area contributed by atoms with Crippen LogP contribution in [0.3, 0.4) is 0 Å². The zero-order valence-corrected chi connectivity index (χ0v) is 15.9. The SMILES string of the molecule is COc1ccccc1-c1noc(-c2ccccc2NC(=O)C2CCCCC2)n1. The van der Waals surface area contributed by atoms with Crippen LogP contribution in [-0.4, -0.2) is 23.2 Å². The predicted octanol–water partition coefficient (Wildman–Crippen LogP) is 4.93. The molecule has 4 rings (SSSR count). The van der Waals surface area contributed by atoms with Gasteiger partial charge in [0.15, 0.2) is 0 Å². The summed E-state index contributed by atoms with van der Waals surface area (Å²) in [5, 5.41) is 7.16. The van der Waals surface area contributed by atoms with E-state index in [1.54, 1.807) is 7.11 Å². The molecule has 0 saturated heterocycles. The fourth-order valence-corrected chi connectivity index (χ4v) is 3.65. The summed E-state index contributed by atoms with van der Waals surface area (Å²) < 4.78 is 10.9. The van der Waals surface area contributed by atoms with Crippen LogP contribution in [0.25, 0.3) is 22.8 Å². The Kier molecular flexibility index (Phi) is 5.37. The van der Waals surface area contributed by atoms with E-state index >= 15 is 0 Å². The number of carbonyl (C=O) groups excluding carboxylic acids is 1. The molecule has 0 unspecified atom stereocenters. The Hall–Kier alpha value is -3.15. The van der Waals surface area contributed by atoms with Gasteiger partial charge in [0, 0.05) is 5.92 Å². The molecule has 0 spiro atoms. The smallest absolute Gasteiger partial charge is 0.260 e. The molecule has 1 saturated carbocycles. The molecule has 144 valence electrons. The summed E-state index contributed by atoms with van der Waals surface area (Å²) in [5.41, 5.74) is 2.15. The maximum absolute atomic E-state index is 12.7. The van der Waals surface area contributed by atoms with Gasteiger partial charge < -0.3 is 14.6 Å². The van der Waals surface area contributed by atoms with Gasteiger partial charge in [-0.1, -0.05) is 48.7 Å². The predicted molar refractivity (Wildman–Crippen MR) is 107 cm³/mol. The van der Waals surface area contributed by atoms with Crippen molar-refractivity contribution in [2.45, 2.75) is 32.1 Å². The van der Waals surface area contributed by atoms with Gasteiger partial charge in [0.25, 0.3) is 5.89 Å². The number of carbonyl (C=O) groups is 1. The standard InChI is InChI=1S/C22H23N3O3/c1-27-19-14-8-6-12-17(19)20-24-22(28-25-20)16-11-5-7-13-18(16)23-21(26)15-9-3-2-4-10-15/h5-8,11-15H,2-4,9-10H2,1H3,(H,23,26). The van der Waals surface area contributed by atoms with Crippen LogP contribution in [0.15, 0.2) is 53.1 Å². The van der Waals surface area contributed by atoms with Crippen molar-refractivity contribution in [2.75, 3.05) is 12.4 Å². The van der Waals surface area contributed by atoms with E-state index in [0.29, 0.717) is 28.7 Å². The number of aromatic nitrogens is 2. The summed E-state index contributed by atoms with van der Waals surface area (Å²) in [6, 6.07) is 15.0. The van der Waals surface area contributed by atoms with Crippen molar-refractivity contribution in [3.8, 4) is 28.6 Å². The van der Waals surface area contributed by atoms with Crippen molar-refractivity contribution in [1.29, 1.82) is 0 Å². The van der Waals surface area contributed by atoms with Gasteiger partial charge in [0.2, 0.25) is 11.7 Å². The monoisotopic (exact) mass is 377 g/mol. The Balaban J connectivity index is 1.60. The Bertz CT molecular complexity index is 961. The number of ether oxygens (including phenoxy) is 1. The van der Waals surface area contributed by atoms with Crippen molar-refractivity contribution in [3.05, 3.63) is 48.5 Å². The lowest BCUT2D eigenvalue weighted by Gasteiger charge is -2.21. The van der Waals surface area contributed by atoms with Crippen LogP contribution in [0.4, 0.5) is 5.69 Å². The minimum atomic E-state index is 0.0663. The van der Waals surface area contributed by atoms with Gasteiger partial charge >= 0.3 is 0 Å². The third-order valence-corrected chi connectivity index (χ3v) is 5.17. The normalized spacial score (nSPS) is 14.6. The van der Waals surface area contributed by atoms with Gasteiger partial charge in [-0.25, -0.2) is 0 Å². The average molecular weight is 377 g/mol. The van der Waals surface area contributed by atoms with Crippen molar-refractivity contribution in [1.82, 2.24) is 10.1 Å². The molecular formula is C22H23N3O3. The third-order valence-electron chi connectivity index (χ3n) is 5.17. The second kappa shape index (κ2) is 8.25. The quantitative estimate of drug-likeness (QED) is 0.682. The highest BCUT2D eigenvalue weighted by Crippen LogP contribution is 2.32. The van der Waals surface area contributed by atoms with Crippen LogP contribution >= 0.6 is 0 Å². The molecule has 1 N–H and O–H groups in total. The second-order valence-corrected chi connectivity index (χ2v) is 6.99. The zero-order chi connectivity index (χ0) is 19.3. The first-order valence-electron chi connectivity index (χ1n) is 9.63. The summed E-state index contributed by atoms with van der Waals surface area (Å²) in [6.45, 7) is 0. The number of nitrogens with one attached hydrogen (secondary N) is 1. The zero-order valence-electron chi connectivity index (χ0n) is 15.9. The summed E-state index contributed by atoms with van der Waals surface area (Å²) in [5.74, 6) is 1.63. The minimum absolute atomic E-state index is 0.0663. The van der Waals surface area contributed by atoms with Gasteiger partial charge in [0.1, 0.15) is 5.75 Å². The molecule has 1 aliphatic rings. The van der Waals surface area contributed by atoms with Crippen LogP contribution in [0.2, 0.25) is 0 Å². The number of methoxy groups -OCH3 is 1. The highest BCUT2D eigenvalue weighted by atomic mass is 16.5. The Morgan fingerprint density at radius 1 is 1.04 bits per heavy atom. The van der Waals surface area contributed by atoms with Crippen molar-refractivity contribution in [3.63, 3.8) is 0 Å². The van der Waals surface area contributed by atoms with Crippen LogP contribution in [0.1, 0.15) is 32.1 Å². The molecule has 0 atom stereocenters. The Morgan fingerprint density at radius 3 is 2.54 bits per heavy atom. The number of hydrogen-bond acceptors (Lipinski definition) is 5. The maximum Gasteiger partial charge on any atom is 0.260 e. The third kappa shape index (κ3) is 3.76. The highest BCUT2D eigenvalue weighted by molar-refractivity contribution is 5.96. The topological polar surface area (TPSA) is 77.3 Å². The molecular weight excluding hydrogens is 354 g/mol. The van der Waals surface area contributed by atoms with Gasteiger partial charge in [-0.3, -0.25) is 4.79 Å². The first-order valence-corrected chi connectivity index (χ1v) is 9.63. The Morgan fingerprint density at radius 2 is 1.75 bits per heavy atom. The van der Waals surface area contributed by atoms with Crippen LogP contribution in [0.5, 0.6) is 5.75 Å². The molecule has 0 aliphatic heterocycles. The fraction of sp³-hybridized carbons (Fsp3) is 0.318. The summed E-state index contributed by atoms with van der Waals surface area (Å²) >= 11 is 0. The molecule has 0 bridgehead atoms. The largest absolute Gasteiger partial charge is 0.496 e. The second-order valence-electron chi connectivity index (χ2n) is 6.99. The molecule has 1 fully saturated rings. The van der Waals surface area contributed by atoms with Crippen LogP contribution < -0.4 is 10.1 Å².